The summed E-state index contributed by atoms with van der Waals surface area (Å²) in [4.78, 5) is 31.5. The van der Waals surface area contributed by atoms with Gasteiger partial charge in [0.05, 0.1) is 5.56 Å². The van der Waals surface area contributed by atoms with Crippen molar-refractivity contribution < 1.29 is 28.6 Å². The molecule has 0 saturated carbocycles. The number of likely N-dealkylation sites (tertiary alicyclic amines) is 1. The zero-order chi connectivity index (χ0) is 20.3. The van der Waals surface area contributed by atoms with Gasteiger partial charge in [-0.3, -0.25) is 4.79 Å². The lowest BCUT2D eigenvalue weighted by atomic mass is 10.1. The van der Waals surface area contributed by atoms with E-state index in [2.05, 4.69) is 9.97 Å². The Labute approximate surface area is 159 Å². The van der Waals surface area contributed by atoms with Crippen molar-refractivity contribution in [2.45, 2.75) is 25.9 Å². The molecule has 0 unspecified atom stereocenters. The molecule has 2 amide bonds. The van der Waals surface area contributed by atoms with E-state index in [9.17, 15) is 14.0 Å². The molecule has 3 rings (SSSR count). The van der Waals surface area contributed by atoms with Gasteiger partial charge in [-0.15, -0.1) is 0 Å². The van der Waals surface area contributed by atoms with Crippen molar-refractivity contribution in [3.05, 3.63) is 41.5 Å². The topological polar surface area (TPSA) is 128 Å². The first kappa shape index (κ1) is 19.3. The predicted molar refractivity (Wildman–Crippen MR) is 95.0 cm³/mol. The molecule has 9 nitrogen and oxygen atoms in total. The average molecular weight is 390 g/mol. The number of primary amides is 1. The van der Waals surface area contributed by atoms with Gasteiger partial charge in [-0.1, -0.05) is 0 Å². The highest BCUT2D eigenvalue weighted by Gasteiger charge is 2.25. The van der Waals surface area contributed by atoms with E-state index in [1.165, 1.54) is 23.4 Å². The zero-order valence-corrected chi connectivity index (χ0v) is 15.1. The Morgan fingerprint density at radius 1 is 1.25 bits per heavy atom. The van der Waals surface area contributed by atoms with Crippen LogP contribution in [-0.4, -0.2) is 51.2 Å². The smallest absolute Gasteiger partial charge is 0.407 e. The van der Waals surface area contributed by atoms with Gasteiger partial charge in [0.2, 0.25) is 17.7 Å². The number of rotatable bonds is 5. The van der Waals surface area contributed by atoms with E-state index in [1.807, 2.05) is 0 Å². The summed E-state index contributed by atoms with van der Waals surface area (Å²) in [5.41, 5.74) is 5.63. The molecule has 148 valence electrons. The summed E-state index contributed by atoms with van der Waals surface area (Å²) in [6.45, 7) is 2.43. The molecule has 2 aromatic rings. The van der Waals surface area contributed by atoms with Gasteiger partial charge in [-0.05, 0) is 25.1 Å². The molecule has 1 fully saturated rings. The number of carboxylic acid groups (broad SMARTS) is 1. The van der Waals surface area contributed by atoms with Gasteiger partial charge in [0.25, 0.3) is 0 Å². The third kappa shape index (κ3) is 4.27. The summed E-state index contributed by atoms with van der Waals surface area (Å²) in [6, 6.07) is 3.63. The van der Waals surface area contributed by atoms with Crippen molar-refractivity contribution in [1.82, 2.24) is 14.9 Å². The number of carbonyl (C=O) groups is 2. The number of piperidine rings is 1. The van der Waals surface area contributed by atoms with Crippen molar-refractivity contribution in [1.29, 1.82) is 0 Å². The van der Waals surface area contributed by atoms with Gasteiger partial charge in [0.1, 0.15) is 12.4 Å². The van der Waals surface area contributed by atoms with Crippen LogP contribution in [0.1, 0.15) is 28.8 Å². The maximum atomic E-state index is 14.1. The van der Waals surface area contributed by atoms with Gasteiger partial charge in [0, 0.05) is 31.5 Å². The fraction of sp³-hybridized carbons (Fsp3) is 0.333. The minimum absolute atomic E-state index is 0.0287. The van der Waals surface area contributed by atoms with Crippen LogP contribution in [0, 0.1) is 12.7 Å². The number of halogens is 1. The first-order valence-electron chi connectivity index (χ1n) is 8.58. The van der Waals surface area contributed by atoms with Gasteiger partial charge in [-0.2, -0.15) is 0 Å². The average Bonchev–Trinajstić information content (AvgIpc) is 2.66. The van der Waals surface area contributed by atoms with Crippen LogP contribution >= 0.6 is 0 Å². The third-order valence-electron chi connectivity index (χ3n) is 4.41. The van der Waals surface area contributed by atoms with E-state index in [0.717, 1.165) is 6.07 Å². The highest BCUT2D eigenvalue weighted by atomic mass is 19.1. The van der Waals surface area contributed by atoms with Crippen LogP contribution in [0.15, 0.2) is 24.5 Å². The lowest BCUT2D eigenvalue weighted by molar-refractivity contribution is 0.0863. The zero-order valence-electron chi connectivity index (χ0n) is 15.1. The number of hydrogen-bond donors (Lipinski definition) is 2. The Bertz CT molecular complexity index is 900. The Morgan fingerprint density at radius 2 is 1.93 bits per heavy atom. The van der Waals surface area contributed by atoms with E-state index in [4.69, 9.17) is 20.3 Å². The number of amides is 2. The molecule has 1 saturated heterocycles. The summed E-state index contributed by atoms with van der Waals surface area (Å²) < 4.78 is 25.5. The van der Waals surface area contributed by atoms with Gasteiger partial charge >= 0.3 is 6.09 Å². The van der Waals surface area contributed by atoms with E-state index in [-0.39, 0.29) is 29.2 Å². The molecule has 28 heavy (non-hydrogen) atoms. The molecule has 0 atom stereocenters. The molecule has 1 aromatic heterocycles. The fourth-order valence-electron chi connectivity index (χ4n) is 2.80. The number of carbonyl (C=O) groups excluding carboxylic acids is 1. The van der Waals surface area contributed by atoms with Crippen LogP contribution in [0.25, 0.3) is 0 Å². The molecule has 1 aliphatic heterocycles. The third-order valence-corrected chi connectivity index (χ3v) is 4.41. The number of ether oxygens (including phenoxy) is 2. The van der Waals surface area contributed by atoms with Crippen molar-refractivity contribution in [2.75, 3.05) is 13.1 Å². The summed E-state index contributed by atoms with van der Waals surface area (Å²) in [5, 5.41) is 9.00. The van der Waals surface area contributed by atoms with Crippen LogP contribution in [0.3, 0.4) is 0 Å². The van der Waals surface area contributed by atoms with Crippen molar-refractivity contribution in [2.24, 2.45) is 5.73 Å². The minimum atomic E-state index is -0.947. The van der Waals surface area contributed by atoms with Crippen LogP contribution in [-0.2, 0) is 0 Å². The van der Waals surface area contributed by atoms with E-state index < -0.39 is 17.8 Å². The Balaban J connectivity index is 1.71. The van der Waals surface area contributed by atoms with Gasteiger partial charge in [-0.25, -0.2) is 19.2 Å². The molecule has 10 heteroatoms. The summed E-state index contributed by atoms with van der Waals surface area (Å²) in [7, 11) is 0. The molecular formula is C18H19FN4O5. The number of nitrogens with zero attached hydrogens (tertiary/aromatic N) is 3. The lowest BCUT2D eigenvalue weighted by Gasteiger charge is -2.30. The second kappa shape index (κ2) is 8.07. The van der Waals surface area contributed by atoms with Gasteiger partial charge < -0.3 is 25.2 Å². The normalized spacial score (nSPS) is 14.6. The molecule has 0 radical (unpaired) electrons. The Hall–Kier alpha value is -3.43. The first-order valence-corrected chi connectivity index (χ1v) is 8.58. The molecule has 2 heterocycles. The fourth-order valence-corrected chi connectivity index (χ4v) is 2.80. The standard InChI is InChI=1S/C18H19FN4O5/c1-10-16(27-12-4-6-23(7-5-12)18(25)26)21-9-22-17(10)28-14-3-2-11(15(20)24)8-13(14)19/h2-3,8-9,12H,4-7H2,1H3,(H2,20,24)(H,25,26). The molecule has 1 aromatic carbocycles. The molecule has 1 aliphatic rings. The summed E-state index contributed by atoms with van der Waals surface area (Å²) in [5.74, 6) is -1.22. The monoisotopic (exact) mass is 390 g/mol. The largest absolute Gasteiger partial charge is 0.474 e. The van der Waals surface area contributed by atoms with E-state index in [1.54, 1.807) is 6.92 Å². The van der Waals surface area contributed by atoms with Crippen LogP contribution < -0.4 is 15.2 Å². The van der Waals surface area contributed by atoms with Crippen molar-refractivity contribution >= 4 is 12.0 Å². The second-order valence-corrected chi connectivity index (χ2v) is 6.31. The SMILES string of the molecule is Cc1c(Oc2ccc(C(N)=O)cc2F)ncnc1OC1CCN(C(=O)O)CC1. The second-order valence-electron chi connectivity index (χ2n) is 6.31. The van der Waals surface area contributed by atoms with Crippen LogP contribution in [0.2, 0.25) is 0 Å². The summed E-state index contributed by atoms with van der Waals surface area (Å²) >= 11 is 0. The van der Waals surface area contributed by atoms with Crippen molar-refractivity contribution in [3.63, 3.8) is 0 Å². The highest BCUT2D eigenvalue weighted by molar-refractivity contribution is 5.92. The van der Waals surface area contributed by atoms with E-state index >= 15 is 0 Å². The number of nitrogens with two attached hydrogens (primary N) is 1. The van der Waals surface area contributed by atoms with Crippen LogP contribution in [0.4, 0.5) is 9.18 Å². The molecular weight excluding hydrogens is 371 g/mol. The molecule has 0 spiro atoms. The molecule has 0 bridgehead atoms. The molecule has 3 N–H and O–H groups in total. The van der Waals surface area contributed by atoms with Gasteiger partial charge in [0.15, 0.2) is 11.6 Å². The first-order chi connectivity index (χ1) is 13.3. The molecule has 0 aliphatic carbocycles. The van der Waals surface area contributed by atoms with Crippen molar-refractivity contribution in [3.8, 4) is 17.5 Å². The minimum Gasteiger partial charge on any atom is -0.474 e. The number of hydrogen-bond acceptors (Lipinski definition) is 6. The predicted octanol–water partition coefficient (Wildman–Crippen LogP) is 2.34. The lowest BCUT2D eigenvalue weighted by Crippen LogP contribution is -2.41. The maximum absolute atomic E-state index is 14.1. The highest BCUT2D eigenvalue weighted by Crippen LogP contribution is 2.30. The number of aromatic nitrogens is 2. The van der Waals surface area contributed by atoms with Crippen LogP contribution in [0.5, 0.6) is 17.5 Å². The maximum Gasteiger partial charge on any atom is 0.407 e. The number of benzene rings is 1. The van der Waals surface area contributed by atoms with E-state index in [0.29, 0.717) is 31.5 Å². The quantitative estimate of drug-likeness (QED) is 0.802. The summed E-state index contributed by atoms with van der Waals surface area (Å²) in [6.07, 6.45) is 1.17. The Morgan fingerprint density at radius 3 is 2.54 bits per heavy atom. The Kier molecular flexibility index (Phi) is 5.57.